The summed E-state index contributed by atoms with van der Waals surface area (Å²) in [6, 6.07) is 2.00. The van der Waals surface area contributed by atoms with Crippen LogP contribution in [0.3, 0.4) is 0 Å². The van der Waals surface area contributed by atoms with Crippen molar-refractivity contribution >= 4 is 11.8 Å². The summed E-state index contributed by atoms with van der Waals surface area (Å²) in [6.07, 6.45) is 2.23. The van der Waals surface area contributed by atoms with E-state index in [1.54, 1.807) is 0 Å². The van der Waals surface area contributed by atoms with Gasteiger partial charge in [-0.25, -0.2) is 0 Å². The van der Waals surface area contributed by atoms with Gasteiger partial charge in [0, 0.05) is 23.2 Å². The Labute approximate surface area is 76.6 Å². The lowest BCUT2D eigenvalue weighted by Crippen LogP contribution is -1.98. The Balaban J connectivity index is 2.33. The maximum absolute atomic E-state index is 9.60. The highest BCUT2D eigenvalue weighted by atomic mass is 32.2. The van der Waals surface area contributed by atoms with Crippen molar-refractivity contribution in [1.82, 2.24) is 4.57 Å². The summed E-state index contributed by atoms with van der Waals surface area (Å²) in [4.78, 5) is 0. The van der Waals surface area contributed by atoms with Crippen LogP contribution in [0.1, 0.15) is 23.8 Å². The molecule has 1 aliphatic heterocycles. The van der Waals surface area contributed by atoms with E-state index in [1.165, 1.54) is 5.69 Å². The summed E-state index contributed by atoms with van der Waals surface area (Å²) >= 11 is 1.88. The second-order valence-electron chi connectivity index (χ2n) is 2.97. The maximum atomic E-state index is 9.60. The Morgan fingerprint density at radius 3 is 3.33 bits per heavy atom. The number of rotatable bonds is 2. The zero-order valence-corrected chi connectivity index (χ0v) is 7.68. The molecule has 0 bridgehead atoms. The molecule has 1 unspecified atom stereocenters. The minimum absolute atomic E-state index is 0.375. The van der Waals surface area contributed by atoms with Gasteiger partial charge in [0.2, 0.25) is 0 Å². The van der Waals surface area contributed by atoms with Gasteiger partial charge in [-0.1, -0.05) is 6.92 Å². The molecule has 1 radical (unpaired) electrons. The first-order chi connectivity index (χ1) is 5.83. The normalized spacial score (nSPS) is 17.8. The molecule has 12 heavy (non-hydrogen) atoms. The largest absolute Gasteiger partial charge is 0.388 e. The van der Waals surface area contributed by atoms with E-state index in [4.69, 9.17) is 0 Å². The van der Waals surface area contributed by atoms with Crippen molar-refractivity contribution in [2.75, 3.05) is 0 Å². The second kappa shape index (κ2) is 3.15. The molecule has 0 spiro atoms. The van der Waals surface area contributed by atoms with Crippen molar-refractivity contribution in [1.29, 1.82) is 0 Å². The Morgan fingerprint density at radius 1 is 1.75 bits per heavy atom. The van der Waals surface area contributed by atoms with E-state index in [-0.39, 0.29) is 6.10 Å². The average molecular weight is 182 g/mol. The van der Waals surface area contributed by atoms with Crippen LogP contribution in [0.5, 0.6) is 0 Å². The molecular weight excluding hydrogens is 170 g/mol. The highest BCUT2D eigenvalue weighted by molar-refractivity contribution is 7.97. The topological polar surface area (TPSA) is 25.2 Å². The summed E-state index contributed by atoms with van der Waals surface area (Å²) in [5.74, 6) is 2.05. The molecule has 2 rings (SSSR count). The molecule has 1 aliphatic rings. The SMILES string of the molecule is [CH2]CC(O)c1ccn2c1CSC2. The van der Waals surface area contributed by atoms with Gasteiger partial charge in [-0.05, 0) is 12.5 Å². The first-order valence-corrected chi connectivity index (χ1v) is 5.21. The summed E-state index contributed by atoms with van der Waals surface area (Å²) in [5, 5.41) is 9.60. The van der Waals surface area contributed by atoms with Crippen molar-refractivity contribution in [2.45, 2.75) is 24.2 Å². The van der Waals surface area contributed by atoms with Gasteiger partial charge in [-0.3, -0.25) is 0 Å². The average Bonchev–Trinajstić information content (AvgIpc) is 2.62. The molecule has 2 heterocycles. The number of hydrogen-bond acceptors (Lipinski definition) is 2. The number of thioether (sulfide) groups is 1. The molecule has 1 aromatic heterocycles. The third-order valence-electron chi connectivity index (χ3n) is 2.22. The maximum Gasteiger partial charge on any atom is 0.0807 e. The number of nitrogens with zero attached hydrogens (tertiary/aromatic N) is 1. The monoisotopic (exact) mass is 182 g/mol. The van der Waals surface area contributed by atoms with Crippen LogP contribution in [0.2, 0.25) is 0 Å². The van der Waals surface area contributed by atoms with Crippen molar-refractivity contribution in [3.05, 3.63) is 30.4 Å². The molecular formula is C9H12NOS. The van der Waals surface area contributed by atoms with Crippen molar-refractivity contribution in [3.63, 3.8) is 0 Å². The van der Waals surface area contributed by atoms with E-state index in [2.05, 4.69) is 11.5 Å². The standard InChI is InChI=1S/C9H12NOS/c1-2-9(11)7-3-4-10-6-12-5-8(7)10/h3-4,9,11H,1-2,5-6H2. The van der Waals surface area contributed by atoms with Gasteiger partial charge in [-0.15, -0.1) is 11.8 Å². The van der Waals surface area contributed by atoms with E-state index in [1.807, 2.05) is 24.0 Å². The summed E-state index contributed by atoms with van der Waals surface area (Å²) in [7, 11) is 0. The Kier molecular flexibility index (Phi) is 2.15. The van der Waals surface area contributed by atoms with Crippen molar-refractivity contribution < 1.29 is 5.11 Å². The molecule has 0 saturated carbocycles. The van der Waals surface area contributed by atoms with E-state index < -0.39 is 0 Å². The van der Waals surface area contributed by atoms with Crippen LogP contribution < -0.4 is 0 Å². The van der Waals surface area contributed by atoms with Crippen LogP contribution >= 0.6 is 11.8 Å². The van der Waals surface area contributed by atoms with Crippen LogP contribution in [0, 0.1) is 6.92 Å². The Morgan fingerprint density at radius 2 is 2.58 bits per heavy atom. The fraction of sp³-hybridized carbons (Fsp3) is 0.444. The molecule has 0 saturated heterocycles. The molecule has 1 atom stereocenters. The zero-order chi connectivity index (χ0) is 8.55. The number of fused-ring (bicyclic) bond motifs is 1. The van der Waals surface area contributed by atoms with Crippen LogP contribution in [-0.4, -0.2) is 9.67 Å². The van der Waals surface area contributed by atoms with Gasteiger partial charge in [0.25, 0.3) is 0 Å². The lowest BCUT2D eigenvalue weighted by atomic mass is 10.1. The molecule has 0 fully saturated rings. The zero-order valence-electron chi connectivity index (χ0n) is 6.86. The summed E-state index contributed by atoms with van der Waals surface area (Å²) < 4.78 is 2.19. The number of aliphatic hydroxyl groups excluding tert-OH is 1. The predicted molar refractivity (Wildman–Crippen MR) is 50.7 cm³/mol. The third-order valence-corrected chi connectivity index (χ3v) is 3.15. The van der Waals surface area contributed by atoms with Crippen molar-refractivity contribution in [3.8, 4) is 0 Å². The predicted octanol–water partition coefficient (Wildman–Crippen LogP) is 1.95. The fourth-order valence-electron chi connectivity index (χ4n) is 1.51. The van der Waals surface area contributed by atoms with Gasteiger partial charge in [0.15, 0.2) is 0 Å². The molecule has 2 nitrogen and oxygen atoms in total. The van der Waals surface area contributed by atoms with Crippen LogP contribution in [-0.2, 0) is 11.6 Å². The molecule has 0 aromatic carbocycles. The number of hydrogen-bond donors (Lipinski definition) is 1. The molecule has 0 aliphatic carbocycles. The minimum Gasteiger partial charge on any atom is -0.388 e. The van der Waals surface area contributed by atoms with Gasteiger partial charge < -0.3 is 9.67 Å². The van der Waals surface area contributed by atoms with E-state index in [0.717, 1.165) is 17.2 Å². The van der Waals surface area contributed by atoms with Crippen molar-refractivity contribution in [2.24, 2.45) is 0 Å². The third kappa shape index (κ3) is 1.17. The lowest BCUT2D eigenvalue weighted by molar-refractivity contribution is 0.180. The van der Waals surface area contributed by atoms with Gasteiger partial charge in [0.05, 0.1) is 12.0 Å². The summed E-state index contributed by atoms with van der Waals surface area (Å²) in [5.41, 5.74) is 2.34. The first-order valence-electron chi connectivity index (χ1n) is 4.06. The van der Waals surface area contributed by atoms with Gasteiger partial charge in [0.1, 0.15) is 0 Å². The Bertz CT molecular complexity index is 282. The highest BCUT2D eigenvalue weighted by Crippen LogP contribution is 2.31. The molecule has 1 N–H and O–H groups in total. The quantitative estimate of drug-likeness (QED) is 0.756. The highest BCUT2D eigenvalue weighted by Gasteiger charge is 2.18. The van der Waals surface area contributed by atoms with E-state index >= 15 is 0 Å². The smallest absolute Gasteiger partial charge is 0.0807 e. The minimum atomic E-state index is -0.375. The summed E-state index contributed by atoms with van der Waals surface area (Å²) in [6.45, 7) is 3.70. The van der Waals surface area contributed by atoms with Crippen LogP contribution in [0.15, 0.2) is 12.3 Å². The first kappa shape index (κ1) is 8.20. The van der Waals surface area contributed by atoms with E-state index in [9.17, 15) is 5.11 Å². The lowest BCUT2D eigenvalue weighted by Gasteiger charge is -2.06. The fourth-order valence-corrected chi connectivity index (χ4v) is 2.56. The molecule has 1 aromatic rings. The van der Waals surface area contributed by atoms with Crippen LogP contribution in [0.4, 0.5) is 0 Å². The van der Waals surface area contributed by atoms with Crippen LogP contribution in [0.25, 0.3) is 0 Å². The second-order valence-corrected chi connectivity index (χ2v) is 3.92. The number of aromatic nitrogens is 1. The molecule has 65 valence electrons. The Hall–Kier alpha value is -0.410. The van der Waals surface area contributed by atoms with E-state index in [0.29, 0.717) is 6.42 Å². The molecule has 0 amide bonds. The molecule has 3 heteroatoms. The van der Waals surface area contributed by atoms with Gasteiger partial charge in [-0.2, -0.15) is 0 Å². The number of aliphatic hydroxyl groups is 1. The van der Waals surface area contributed by atoms with Gasteiger partial charge >= 0.3 is 0 Å².